The van der Waals surface area contributed by atoms with Gasteiger partial charge in [0.15, 0.2) is 0 Å². The maximum absolute atomic E-state index is 11.4. The van der Waals surface area contributed by atoms with Gasteiger partial charge in [-0.1, -0.05) is 17.7 Å². The molecule has 0 aromatic carbocycles. The third-order valence-corrected chi connectivity index (χ3v) is 4.48. The van der Waals surface area contributed by atoms with Gasteiger partial charge < -0.3 is 5.32 Å². The van der Waals surface area contributed by atoms with Crippen molar-refractivity contribution in [3.63, 3.8) is 0 Å². The zero-order valence-corrected chi connectivity index (χ0v) is 11.6. The SMILES string of the molecule is O=C1CCC2CN(Cc3cccnc3Cl)CCC2N1. The summed E-state index contributed by atoms with van der Waals surface area (Å²) in [5.41, 5.74) is 1.09. The summed E-state index contributed by atoms with van der Waals surface area (Å²) >= 11 is 6.11. The number of carbonyl (C=O) groups excluding carboxylic acids is 1. The number of fused-ring (bicyclic) bond motifs is 1. The highest BCUT2D eigenvalue weighted by atomic mass is 35.5. The first-order valence-corrected chi connectivity index (χ1v) is 7.21. The van der Waals surface area contributed by atoms with Crippen LogP contribution in [0.3, 0.4) is 0 Å². The zero-order chi connectivity index (χ0) is 13.2. The number of likely N-dealkylation sites (tertiary alicyclic amines) is 1. The lowest BCUT2D eigenvalue weighted by Gasteiger charge is -2.41. The number of nitrogens with one attached hydrogen (secondary N) is 1. The summed E-state index contributed by atoms with van der Waals surface area (Å²) in [5, 5.41) is 3.71. The van der Waals surface area contributed by atoms with Gasteiger partial charge >= 0.3 is 0 Å². The van der Waals surface area contributed by atoms with Gasteiger partial charge in [-0.3, -0.25) is 9.69 Å². The Kier molecular flexibility index (Phi) is 3.71. The van der Waals surface area contributed by atoms with Crippen LogP contribution in [0.2, 0.25) is 5.15 Å². The lowest BCUT2D eigenvalue weighted by molar-refractivity contribution is -0.125. The van der Waals surface area contributed by atoms with E-state index in [4.69, 9.17) is 11.6 Å². The number of nitrogens with zero attached hydrogens (tertiary/aromatic N) is 2. The van der Waals surface area contributed by atoms with Crippen LogP contribution in [-0.4, -0.2) is 34.9 Å². The minimum atomic E-state index is 0.213. The van der Waals surface area contributed by atoms with Gasteiger partial charge in [-0.15, -0.1) is 0 Å². The zero-order valence-electron chi connectivity index (χ0n) is 10.8. The van der Waals surface area contributed by atoms with Gasteiger partial charge in [-0.25, -0.2) is 4.98 Å². The second-order valence-electron chi connectivity index (χ2n) is 5.45. The molecule has 1 aromatic heterocycles. The molecule has 1 aromatic rings. The predicted molar refractivity (Wildman–Crippen MR) is 73.8 cm³/mol. The van der Waals surface area contributed by atoms with Gasteiger partial charge in [0.05, 0.1) is 0 Å². The molecular formula is C14H18ClN3O. The van der Waals surface area contributed by atoms with E-state index in [0.29, 0.717) is 23.5 Å². The number of amides is 1. The number of rotatable bonds is 2. The average Bonchev–Trinajstić information content (AvgIpc) is 2.41. The number of halogens is 1. The smallest absolute Gasteiger partial charge is 0.220 e. The third-order valence-electron chi connectivity index (χ3n) is 4.14. The molecule has 2 saturated heterocycles. The van der Waals surface area contributed by atoms with Crippen LogP contribution in [0.4, 0.5) is 0 Å². The lowest BCUT2D eigenvalue weighted by atomic mass is 9.85. The van der Waals surface area contributed by atoms with E-state index < -0.39 is 0 Å². The van der Waals surface area contributed by atoms with Crippen LogP contribution in [0.25, 0.3) is 0 Å². The number of aromatic nitrogens is 1. The predicted octanol–water partition coefficient (Wildman–Crippen LogP) is 1.84. The van der Waals surface area contributed by atoms with Crippen molar-refractivity contribution in [1.29, 1.82) is 0 Å². The van der Waals surface area contributed by atoms with Crippen molar-refractivity contribution in [2.24, 2.45) is 5.92 Å². The maximum Gasteiger partial charge on any atom is 0.220 e. The summed E-state index contributed by atoms with van der Waals surface area (Å²) in [6.07, 6.45) is 4.43. The van der Waals surface area contributed by atoms with Gasteiger partial charge in [0.2, 0.25) is 5.91 Å². The van der Waals surface area contributed by atoms with Crippen LogP contribution >= 0.6 is 11.6 Å². The van der Waals surface area contributed by atoms with Gasteiger partial charge in [0.1, 0.15) is 5.15 Å². The van der Waals surface area contributed by atoms with Crippen LogP contribution in [0.5, 0.6) is 0 Å². The van der Waals surface area contributed by atoms with Gasteiger partial charge in [0.25, 0.3) is 0 Å². The highest BCUT2D eigenvalue weighted by Gasteiger charge is 2.33. The van der Waals surface area contributed by atoms with Gasteiger partial charge in [0, 0.05) is 43.9 Å². The molecule has 2 aliphatic rings. The molecule has 3 rings (SSSR count). The molecule has 0 radical (unpaired) electrons. The van der Waals surface area contributed by atoms with E-state index in [0.717, 1.165) is 38.0 Å². The topological polar surface area (TPSA) is 45.2 Å². The Morgan fingerprint density at radius 2 is 2.37 bits per heavy atom. The first kappa shape index (κ1) is 12.9. The fraction of sp³-hybridized carbons (Fsp3) is 0.571. The molecule has 1 N–H and O–H groups in total. The van der Waals surface area contributed by atoms with Gasteiger partial charge in [-0.05, 0) is 24.8 Å². The van der Waals surface area contributed by atoms with E-state index >= 15 is 0 Å². The van der Waals surface area contributed by atoms with Crippen molar-refractivity contribution < 1.29 is 4.79 Å². The largest absolute Gasteiger partial charge is 0.353 e. The summed E-state index contributed by atoms with van der Waals surface area (Å²) in [7, 11) is 0. The molecule has 2 fully saturated rings. The molecule has 4 nitrogen and oxygen atoms in total. The number of piperidine rings is 2. The molecule has 1 amide bonds. The Morgan fingerprint density at radius 1 is 1.47 bits per heavy atom. The molecule has 0 spiro atoms. The first-order chi connectivity index (χ1) is 9.22. The van der Waals surface area contributed by atoms with Crippen LogP contribution < -0.4 is 5.32 Å². The van der Waals surface area contributed by atoms with Crippen molar-refractivity contribution in [3.05, 3.63) is 29.0 Å². The molecule has 0 bridgehead atoms. The molecule has 3 heterocycles. The lowest BCUT2D eigenvalue weighted by Crippen LogP contribution is -2.53. The van der Waals surface area contributed by atoms with E-state index in [-0.39, 0.29) is 5.91 Å². The van der Waals surface area contributed by atoms with E-state index in [2.05, 4.69) is 15.2 Å². The molecular weight excluding hydrogens is 262 g/mol. The van der Waals surface area contributed by atoms with Crippen molar-refractivity contribution in [2.75, 3.05) is 13.1 Å². The van der Waals surface area contributed by atoms with Gasteiger partial charge in [-0.2, -0.15) is 0 Å². The second kappa shape index (κ2) is 5.47. The van der Waals surface area contributed by atoms with E-state index in [1.54, 1.807) is 6.20 Å². The van der Waals surface area contributed by atoms with Crippen LogP contribution in [0.15, 0.2) is 18.3 Å². The molecule has 5 heteroatoms. The van der Waals surface area contributed by atoms with Crippen LogP contribution in [-0.2, 0) is 11.3 Å². The molecule has 19 heavy (non-hydrogen) atoms. The van der Waals surface area contributed by atoms with E-state index in [9.17, 15) is 4.79 Å². The number of hydrogen-bond acceptors (Lipinski definition) is 3. The summed E-state index contributed by atoms with van der Waals surface area (Å²) in [6.45, 7) is 2.90. The molecule has 2 atom stereocenters. The minimum absolute atomic E-state index is 0.213. The van der Waals surface area contributed by atoms with E-state index in [1.807, 2.05) is 12.1 Å². The Balaban J connectivity index is 1.62. The number of carbonyl (C=O) groups is 1. The van der Waals surface area contributed by atoms with Crippen LogP contribution in [0, 0.1) is 5.92 Å². The standard InChI is InChI=1S/C14H18ClN3O/c15-14-11(2-1-6-16-14)9-18-7-5-12-10(8-18)3-4-13(19)17-12/h1-2,6,10,12H,3-5,7-9H2,(H,17,19). The molecule has 0 saturated carbocycles. The summed E-state index contributed by atoms with van der Waals surface area (Å²) < 4.78 is 0. The van der Waals surface area contributed by atoms with Crippen molar-refractivity contribution in [1.82, 2.24) is 15.2 Å². The molecule has 0 aliphatic carbocycles. The van der Waals surface area contributed by atoms with E-state index in [1.165, 1.54) is 0 Å². The van der Waals surface area contributed by atoms with Crippen molar-refractivity contribution >= 4 is 17.5 Å². The summed E-state index contributed by atoms with van der Waals surface area (Å²) in [6, 6.07) is 4.33. The highest BCUT2D eigenvalue weighted by Crippen LogP contribution is 2.27. The number of hydrogen-bond donors (Lipinski definition) is 1. The Hall–Kier alpha value is -1.13. The Morgan fingerprint density at radius 3 is 3.21 bits per heavy atom. The molecule has 2 unspecified atom stereocenters. The number of pyridine rings is 1. The quantitative estimate of drug-likeness (QED) is 0.840. The average molecular weight is 280 g/mol. The second-order valence-corrected chi connectivity index (χ2v) is 5.81. The molecule has 102 valence electrons. The summed E-state index contributed by atoms with van der Waals surface area (Å²) in [5.74, 6) is 0.798. The van der Waals surface area contributed by atoms with Crippen molar-refractivity contribution in [3.8, 4) is 0 Å². The van der Waals surface area contributed by atoms with Crippen molar-refractivity contribution in [2.45, 2.75) is 31.8 Å². The normalized spacial score (nSPS) is 27.7. The Bertz CT molecular complexity index is 480. The fourth-order valence-electron chi connectivity index (χ4n) is 3.11. The maximum atomic E-state index is 11.4. The molecule has 2 aliphatic heterocycles. The highest BCUT2D eigenvalue weighted by molar-refractivity contribution is 6.30. The van der Waals surface area contributed by atoms with Crippen LogP contribution in [0.1, 0.15) is 24.8 Å². The minimum Gasteiger partial charge on any atom is -0.353 e. The fourth-order valence-corrected chi connectivity index (χ4v) is 3.29. The monoisotopic (exact) mass is 279 g/mol. The first-order valence-electron chi connectivity index (χ1n) is 6.83. The third kappa shape index (κ3) is 2.90. The summed E-state index contributed by atoms with van der Waals surface area (Å²) in [4.78, 5) is 17.9. The Labute approximate surface area is 118 Å².